The summed E-state index contributed by atoms with van der Waals surface area (Å²) in [5.41, 5.74) is 4.41. The molecule has 0 saturated carbocycles. The van der Waals surface area contributed by atoms with Crippen molar-refractivity contribution in [2.75, 3.05) is 12.4 Å². The van der Waals surface area contributed by atoms with Gasteiger partial charge in [0, 0.05) is 12.6 Å². The van der Waals surface area contributed by atoms with E-state index >= 15 is 0 Å². The maximum absolute atomic E-state index is 11.4. The van der Waals surface area contributed by atoms with Gasteiger partial charge in [0.25, 0.3) is 0 Å². The monoisotopic (exact) mass is 283 g/mol. The van der Waals surface area contributed by atoms with Gasteiger partial charge in [0.05, 0.1) is 12.7 Å². The minimum atomic E-state index is -0.348. The number of nitrogens with one attached hydrogen (secondary N) is 1. The fourth-order valence-electron chi connectivity index (χ4n) is 2.17. The summed E-state index contributed by atoms with van der Waals surface area (Å²) in [6.07, 6.45) is 0. The van der Waals surface area contributed by atoms with Crippen LogP contribution in [0.5, 0.6) is 0 Å². The largest absolute Gasteiger partial charge is 0.465 e. The summed E-state index contributed by atoms with van der Waals surface area (Å²) in [6, 6.07) is 13.0. The van der Waals surface area contributed by atoms with Crippen molar-refractivity contribution in [3.05, 3.63) is 53.6 Å². The number of carbonyl (C=O) groups is 2. The molecule has 4 heteroatoms. The number of aryl methyl sites for hydroxylation is 1. The molecule has 2 aromatic rings. The smallest absolute Gasteiger partial charge is 0.337 e. The molecule has 0 unspecified atom stereocenters. The van der Waals surface area contributed by atoms with Crippen LogP contribution in [0.15, 0.2) is 42.5 Å². The number of anilines is 1. The fraction of sp³-hybridized carbons (Fsp3) is 0.176. The van der Waals surface area contributed by atoms with Crippen LogP contribution < -0.4 is 5.32 Å². The van der Waals surface area contributed by atoms with E-state index in [1.165, 1.54) is 14.0 Å². The van der Waals surface area contributed by atoms with E-state index in [1.54, 1.807) is 12.1 Å². The fourth-order valence-corrected chi connectivity index (χ4v) is 2.17. The minimum absolute atomic E-state index is 0.0930. The molecule has 21 heavy (non-hydrogen) atoms. The van der Waals surface area contributed by atoms with Crippen LogP contribution in [0.2, 0.25) is 0 Å². The van der Waals surface area contributed by atoms with Crippen LogP contribution in [0.3, 0.4) is 0 Å². The van der Waals surface area contributed by atoms with Crippen molar-refractivity contribution in [1.29, 1.82) is 0 Å². The van der Waals surface area contributed by atoms with Crippen LogP contribution in [0, 0.1) is 6.92 Å². The highest BCUT2D eigenvalue weighted by molar-refractivity contribution is 5.91. The van der Waals surface area contributed by atoms with Gasteiger partial charge in [-0.2, -0.15) is 0 Å². The molecule has 0 aliphatic rings. The van der Waals surface area contributed by atoms with Gasteiger partial charge in [-0.15, -0.1) is 0 Å². The Labute approximate surface area is 123 Å². The molecule has 0 radical (unpaired) electrons. The quantitative estimate of drug-likeness (QED) is 0.878. The van der Waals surface area contributed by atoms with E-state index in [4.69, 9.17) is 0 Å². The highest BCUT2D eigenvalue weighted by Crippen LogP contribution is 2.26. The number of carbonyl (C=O) groups excluding carboxylic acids is 2. The zero-order valence-electron chi connectivity index (χ0n) is 12.3. The van der Waals surface area contributed by atoms with E-state index in [1.807, 2.05) is 37.3 Å². The standard InChI is InChI=1S/C17H17NO3/c1-11-10-15(18-12(2)19)8-9-16(11)13-4-6-14(7-5-13)17(20)21-3/h4-10H,1-3H3,(H,18,19). The number of esters is 1. The highest BCUT2D eigenvalue weighted by Gasteiger charge is 2.07. The molecule has 0 bridgehead atoms. The van der Waals surface area contributed by atoms with E-state index < -0.39 is 0 Å². The third-order valence-electron chi connectivity index (χ3n) is 3.16. The molecular weight excluding hydrogens is 266 g/mol. The zero-order chi connectivity index (χ0) is 15.4. The number of rotatable bonds is 3. The molecule has 0 saturated heterocycles. The third kappa shape index (κ3) is 3.48. The third-order valence-corrected chi connectivity index (χ3v) is 3.16. The molecule has 0 aliphatic carbocycles. The zero-order valence-corrected chi connectivity index (χ0v) is 12.3. The second-order valence-electron chi connectivity index (χ2n) is 4.78. The number of hydrogen-bond donors (Lipinski definition) is 1. The van der Waals surface area contributed by atoms with Crippen molar-refractivity contribution >= 4 is 17.6 Å². The topological polar surface area (TPSA) is 55.4 Å². The van der Waals surface area contributed by atoms with Gasteiger partial charge in [-0.05, 0) is 47.9 Å². The molecule has 0 spiro atoms. The van der Waals surface area contributed by atoms with Gasteiger partial charge >= 0.3 is 5.97 Å². The Bertz CT molecular complexity index is 675. The molecule has 0 atom stereocenters. The maximum Gasteiger partial charge on any atom is 0.337 e. The lowest BCUT2D eigenvalue weighted by molar-refractivity contribution is -0.114. The second kappa shape index (κ2) is 6.22. The van der Waals surface area contributed by atoms with Crippen molar-refractivity contribution in [3.63, 3.8) is 0 Å². The van der Waals surface area contributed by atoms with Gasteiger partial charge in [0.2, 0.25) is 5.91 Å². The Morgan fingerprint density at radius 3 is 2.24 bits per heavy atom. The van der Waals surface area contributed by atoms with E-state index in [-0.39, 0.29) is 11.9 Å². The molecular formula is C17H17NO3. The Morgan fingerprint density at radius 1 is 1.05 bits per heavy atom. The second-order valence-corrected chi connectivity index (χ2v) is 4.78. The molecule has 1 amide bonds. The van der Waals surface area contributed by atoms with Crippen LogP contribution in [-0.4, -0.2) is 19.0 Å². The van der Waals surface area contributed by atoms with Crippen molar-refractivity contribution in [3.8, 4) is 11.1 Å². The van der Waals surface area contributed by atoms with Crippen LogP contribution in [0.1, 0.15) is 22.8 Å². The minimum Gasteiger partial charge on any atom is -0.465 e. The Kier molecular flexibility index (Phi) is 4.38. The summed E-state index contributed by atoms with van der Waals surface area (Å²) in [4.78, 5) is 22.5. The van der Waals surface area contributed by atoms with E-state index in [0.29, 0.717) is 5.56 Å². The maximum atomic E-state index is 11.4. The molecule has 4 nitrogen and oxygen atoms in total. The van der Waals surface area contributed by atoms with Crippen LogP contribution in [-0.2, 0) is 9.53 Å². The highest BCUT2D eigenvalue weighted by atomic mass is 16.5. The van der Waals surface area contributed by atoms with Gasteiger partial charge in [0.1, 0.15) is 0 Å². The molecule has 0 heterocycles. The lowest BCUT2D eigenvalue weighted by Crippen LogP contribution is -2.05. The Morgan fingerprint density at radius 2 is 1.71 bits per heavy atom. The summed E-state index contributed by atoms with van der Waals surface area (Å²) in [7, 11) is 1.36. The van der Waals surface area contributed by atoms with Crippen molar-refractivity contribution in [1.82, 2.24) is 0 Å². The first-order valence-electron chi connectivity index (χ1n) is 6.58. The summed E-state index contributed by atoms with van der Waals surface area (Å²) in [5.74, 6) is -0.441. The first-order valence-corrected chi connectivity index (χ1v) is 6.58. The summed E-state index contributed by atoms with van der Waals surface area (Å²) in [5, 5.41) is 2.76. The van der Waals surface area contributed by atoms with Gasteiger partial charge in [-0.25, -0.2) is 4.79 Å². The first kappa shape index (κ1) is 14.8. The lowest BCUT2D eigenvalue weighted by atomic mass is 9.99. The number of methoxy groups -OCH3 is 1. The van der Waals surface area contributed by atoms with Crippen molar-refractivity contribution in [2.45, 2.75) is 13.8 Å². The van der Waals surface area contributed by atoms with Crippen LogP contribution in [0.25, 0.3) is 11.1 Å². The number of benzene rings is 2. The molecule has 2 aromatic carbocycles. The van der Waals surface area contributed by atoms with Crippen LogP contribution in [0.4, 0.5) is 5.69 Å². The molecule has 2 rings (SSSR count). The molecule has 0 aromatic heterocycles. The molecule has 0 aliphatic heterocycles. The Hall–Kier alpha value is -2.62. The van der Waals surface area contributed by atoms with Gasteiger partial charge in [0.15, 0.2) is 0 Å². The molecule has 1 N–H and O–H groups in total. The van der Waals surface area contributed by atoms with Gasteiger partial charge < -0.3 is 10.1 Å². The average Bonchev–Trinajstić information content (AvgIpc) is 2.46. The SMILES string of the molecule is COC(=O)c1ccc(-c2ccc(NC(C)=O)cc2C)cc1. The Balaban J connectivity index is 2.29. The van der Waals surface area contributed by atoms with E-state index in [2.05, 4.69) is 10.1 Å². The predicted molar refractivity (Wildman–Crippen MR) is 82.3 cm³/mol. The van der Waals surface area contributed by atoms with Crippen molar-refractivity contribution in [2.24, 2.45) is 0 Å². The summed E-state index contributed by atoms with van der Waals surface area (Å²) < 4.78 is 4.68. The summed E-state index contributed by atoms with van der Waals surface area (Å²) in [6.45, 7) is 3.46. The predicted octanol–water partition coefficient (Wildman–Crippen LogP) is 3.41. The van der Waals surface area contributed by atoms with Crippen LogP contribution >= 0.6 is 0 Å². The van der Waals surface area contributed by atoms with Gasteiger partial charge in [-0.3, -0.25) is 4.79 Å². The first-order chi connectivity index (χ1) is 10.0. The molecule has 0 fully saturated rings. The number of ether oxygens (including phenoxy) is 1. The van der Waals surface area contributed by atoms with Crippen molar-refractivity contribution < 1.29 is 14.3 Å². The van der Waals surface area contributed by atoms with E-state index in [9.17, 15) is 9.59 Å². The number of hydrogen-bond acceptors (Lipinski definition) is 3. The number of amides is 1. The molecule has 108 valence electrons. The lowest BCUT2D eigenvalue weighted by Gasteiger charge is -2.10. The summed E-state index contributed by atoms with van der Waals surface area (Å²) >= 11 is 0. The normalized spacial score (nSPS) is 10.0. The van der Waals surface area contributed by atoms with Gasteiger partial charge in [-0.1, -0.05) is 18.2 Å². The van der Waals surface area contributed by atoms with E-state index in [0.717, 1.165) is 22.4 Å². The average molecular weight is 283 g/mol.